The quantitative estimate of drug-likeness (QED) is 0.466. The van der Waals surface area contributed by atoms with Gasteiger partial charge in [0, 0.05) is 5.69 Å². The Balaban J connectivity index is 2.23. The molecule has 0 fully saturated rings. The molecule has 8 nitrogen and oxygen atoms in total. The zero-order valence-corrected chi connectivity index (χ0v) is 9.67. The summed E-state index contributed by atoms with van der Waals surface area (Å²) in [6.07, 6.45) is 0. The maximum atomic E-state index is 11.9. The minimum atomic E-state index is -1.05. The van der Waals surface area contributed by atoms with E-state index in [9.17, 15) is 19.2 Å². The third-order valence-corrected chi connectivity index (χ3v) is 2.56. The molecule has 0 saturated heterocycles. The number of nitrogens with zero attached hydrogens (tertiary/aromatic N) is 1. The molecule has 2 rings (SSSR count). The number of rotatable bonds is 2. The monoisotopic (exact) mass is 262 g/mol. The van der Waals surface area contributed by atoms with Gasteiger partial charge in [-0.15, -0.1) is 0 Å². The normalized spacial score (nSPS) is 13.4. The van der Waals surface area contributed by atoms with Crippen LogP contribution >= 0.6 is 0 Å². The summed E-state index contributed by atoms with van der Waals surface area (Å²) < 4.78 is 0. The molecule has 0 saturated carbocycles. The molecule has 0 radical (unpaired) electrons. The van der Waals surface area contributed by atoms with Crippen molar-refractivity contribution in [2.24, 2.45) is 5.73 Å². The van der Waals surface area contributed by atoms with Crippen LogP contribution < -0.4 is 16.8 Å². The molecule has 0 aromatic heterocycles. The summed E-state index contributed by atoms with van der Waals surface area (Å²) in [6, 6.07) is 3.21. The average molecular weight is 262 g/mol. The summed E-state index contributed by atoms with van der Waals surface area (Å²) in [5.41, 5.74) is 10.9. The summed E-state index contributed by atoms with van der Waals surface area (Å²) in [5.74, 6) is -2.08. The third kappa shape index (κ3) is 2.23. The molecule has 0 aliphatic carbocycles. The molecule has 0 spiro atoms. The smallest absolute Gasteiger partial charge is 0.318 e. The Kier molecular flexibility index (Phi) is 2.91. The average Bonchev–Trinajstić information content (AvgIpc) is 2.53. The number of nitrogens with one attached hydrogen (secondary N) is 1. The fourth-order valence-corrected chi connectivity index (χ4v) is 1.77. The highest BCUT2D eigenvalue weighted by Gasteiger charge is 2.36. The zero-order valence-electron chi connectivity index (χ0n) is 9.67. The van der Waals surface area contributed by atoms with Gasteiger partial charge in [-0.05, 0) is 18.2 Å². The van der Waals surface area contributed by atoms with Crippen molar-refractivity contribution in [3.63, 3.8) is 0 Å². The van der Waals surface area contributed by atoms with E-state index in [1.54, 1.807) is 5.32 Å². The van der Waals surface area contributed by atoms with Gasteiger partial charge in [0.05, 0.1) is 11.1 Å². The van der Waals surface area contributed by atoms with Crippen LogP contribution in [0.2, 0.25) is 0 Å². The standard InChI is InChI=1S/C11H10N4O4/c12-5-1-2-6-7(3-5)10(18)15(9(6)17)4-8(16)14-11(13)19/h1-3H,4,12H2,(H3,13,14,16,19). The van der Waals surface area contributed by atoms with Crippen LogP contribution in [0.3, 0.4) is 0 Å². The molecule has 1 aliphatic heterocycles. The Labute approximate surface area is 107 Å². The number of amides is 5. The van der Waals surface area contributed by atoms with Gasteiger partial charge in [0.25, 0.3) is 11.8 Å². The maximum Gasteiger partial charge on any atom is 0.318 e. The molecule has 1 aromatic carbocycles. The Hall–Kier alpha value is -2.90. The summed E-state index contributed by atoms with van der Waals surface area (Å²) in [6.45, 7) is -0.574. The molecule has 1 aromatic rings. The first-order valence-electron chi connectivity index (χ1n) is 5.25. The van der Waals surface area contributed by atoms with Gasteiger partial charge < -0.3 is 11.5 Å². The molecule has 0 unspecified atom stereocenters. The number of imide groups is 2. The number of hydrogen-bond acceptors (Lipinski definition) is 5. The van der Waals surface area contributed by atoms with E-state index in [0.717, 1.165) is 4.90 Å². The van der Waals surface area contributed by atoms with Crippen molar-refractivity contribution < 1.29 is 19.2 Å². The summed E-state index contributed by atoms with van der Waals surface area (Å²) in [4.78, 5) is 46.4. The van der Waals surface area contributed by atoms with Crippen molar-refractivity contribution in [2.45, 2.75) is 0 Å². The highest BCUT2D eigenvalue weighted by Crippen LogP contribution is 2.24. The van der Waals surface area contributed by atoms with E-state index in [1.165, 1.54) is 18.2 Å². The van der Waals surface area contributed by atoms with Crippen LogP contribution in [0, 0.1) is 0 Å². The lowest BCUT2D eigenvalue weighted by atomic mass is 10.1. The first kappa shape index (κ1) is 12.6. The minimum absolute atomic E-state index is 0.136. The first-order valence-corrected chi connectivity index (χ1v) is 5.25. The topological polar surface area (TPSA) is 136 Å². The highest BCUT2D eigenvalue weighted by atomic mass is 16.2. The number of fused-ring (bicyclic) bond motifs is 1. The Morgan fingerprint density at radius 2 is 1.79 bits per heavy atom. The molecule has 5 N–H and O–H groups in total. The van der Waals surface area contributed by atoms with Gasteiger partial charge >= 0.3 is 6.03 Å². The maximum absolute atomic E-state index is 11.9. The van der Waals surface area contributed by atoms with Crippen LogP contribution in [0.1, 0.15) is 20.7 Å². The number of carbonyl (C=O) groups excluding carboxylic acids is 4. The molecule has 5 amide bonds. The van der Waals surface area contributed by atoms with Crippen LogP contribution in [-0.2, 0) is 4.79 Å². The number of primary amides is 1. The van der Waals surface area contributed by atoms with E-state index >= 15 is 0 Å². The van der Waals surface area contributed by atoms with E-state index in [2.05, 4.69) is 0 Å². The van der Waals surface area contributed by atoms with Crippen molar-refractivity contribution in [3.05, 3.63) is 29.3 Å². The van der Waals surface area contributed by atoms with Crippen LogP contribution in [0.5, 0.6) is 0 Å². The second kappa shape index (κ2) is 4.41. The predicted molar refractivity (Wildman–Crippen MR) is 63.9 cm³/mol. The predicted octanol–water partition coefficient (Wildman–Crippen LogP) is -0.940. The number of nitrogen functional groups attached to an aromatic ring is 1. The fourth-order valence-electron chi connectivity index (χ4n) is 1.77. The Bertz CT molecular complexity index is 611. The Morgan fingerprint density at radius 3 is 2.42 bits per heavy atom. The molecule has 1 heterocycles. The van der Waals surface area contributed by atoms with Gasteiger partial charge in [-0.3, -0.25) is 24.6 Å². The first-order chi connectivity index (χ1) is 8.90. The van der Waals surface area contributed by atoms with E-state index in [0.29, 0.717) is 5.69 Å². The minimum Gasteiger partial charge on any atom is -0.399 e. The highest BCUT2D eigenvalue weighted by molar-refractivity contribution is 6.22. The molecule has 1 aliphatic rings. The second-order valence-corrected chi connectivity index (χ2v) is 3.91. The van der Waals surface area contributed by atoms with Crippen LogP contribution in [0.25, 0.3) is 0 Å². The van der Waals surface area contributed by atoms with Crippen molar-refractivity contribution >= 4 is 29.4 Å². The largest absolute Gasteiger partial charge is 0.399 e. The van der Waals surface area contributed by atoms with Gasteiger partial charge in [0.2, 0.25) is 5.91 Å². The Morgan fingerprint density at radius 1 is 1.16 bits per heavy atom. The van der Waals surface area contributed by atoms with Gasteiger partial charge in [-0.25, -0.2) is 4.79 Å². The van der Waals surface area contributed by atoms with Gasteiger partial charge in [0.1, 0.15) is 6.54 Å². The molecule has 0 bridgehead atoms. The molecular formula is C11H10N4O4. The van der Waals surface area contributed by atoms with Gasteiger partial charge in [-0.1, -0.05) is 0 Å². The molecule has 19 heavy (non-hydrogen) atoms. The van der Waals surface area contributed by atoms with Crippen molar-refractivity contribution in [1.82, 2.24) is 10.2 Å². The lowest BCUT2D eigenvalue weighted by Gasteiger charge is -2.12. The van der Waals surface area contributed by atoms with E-state index in [4.69, 9.17) is 11.5 Å². The molecule has 98 valence electrons. The second-order valence-electron chi connectivity index (χ2n) is 3.91. The van der Waals surface area contributed by atoms with Crippen molar-refractivity contribution in [1.29, 1.82) is 0 Å². The summed E-state index contributed by atoms with van der Waals surface area (Å²) in [7, 11) is 0. The summed E-state index contributed by atoms with van der Waals surface area (Å²) >= 11 is 0. The third-order valence-electron chi connectivity index (χ3n) is 2.56. The number of urea groups is 1. The number of anilines is 1. The number of hydrogen-bond donors (Lipinski definition) is 3. The lowest BCUT2D eigenvalue weighted by Crippen LogP contribution is -2.44. The lowest BCUT2D eigenvalue weighted by molar-refractivity contribution is -0.120. The van der Waals surface area contributed by atoms with Crippen molar-refractivity contribution in [2.75, 3.05) is 12.3 Å². The number of nitrogens with two attached hydrogens (primary N) is 2. The molecular weight excluding hydrogens is 252 g/mol. The fraction of sp³-hybridized carbons (Fsp3) is 0.0909. The van der Waals surface area contributed by atoms with Gasteiger partial charge in [-0.2, -0.15) is 0 Å². The number of benzene rings is 1. The number of carbonyl (C=O) groups is 4. The van der Waals surface area contributed by atoms with Crippen LogP contribution in [0.15, 0.2) is 18.2 Å². The SMILES string of the molecule is NC(=O)NC(=O)CN1C(=O)c2ccc(N)cc2C1=O. The van der Waals surface area contributed by atoms with Crippen LogP contribution in [-0.4, -0.2) is 35.2 Å². The van der Waals surface area contributed by atoms with E-state index < -0.39 is 30.3 Å². The van der Waals surface area contributed by atoms with Crippen LogP contribution in [0.4, 0.5) is 10.5 Å². The van der Waals surface area contributed by atoms with E-state index in [-0.39, 0.29) is 11.1 Å². The molecule has 8 heteroatoms. The zero-order chi connectivity index (χ0) is 14.2. The molecule has 0 atom stereocenters. The van der Waals surface area contributed by atoms with Crippen molar-refractivity contribution in [3.8, 4) is 0 Å². The summed E-state index contributed by atoms with van der Waals surface area (Å²) in [5, 5.41) is 1.78. The van der Waals surface area contributed by atoms with E-state index in [1.807, 2.05) is 0 Å². The van der Waals surface area contributed by atoms with Gasteiger partial charge in [0.15, 0.2) is 0 Å².